The molecule has 7 aromatic carbocycles. The summed E-state index contributed by atoms with van der Waals surface area (Å²) in [6, 6.07) is 49.5. The van der Waals surface area contributed by atoms with E-state index in [-0.39, 0.29) is 11.1 Å². The van der Waals surface area contributed by atoms with Crippen LogP contribution in [0.15, 0.2) is 146 Å². The average molecular weight is 651 g/mol. The smallest absolute Gasteiger partial charge is 0.339 e. The molecule has 0 bridgehead atoms. The zero-order chi connectivity index (χ0) is 34.2. The fourth-order valence-electron chi connectivity index (χ4n) is 7.86. The van der Waals surface area contributed by atoms with Crippen LogP contribution in [0.3, 0.4) is 0 Å². The molecule has 4 nitrogen and oxygen atoms in total. The molecule has 0 saturated heterocycles. The molecule has 0 aliphatic heterocycles. The summed E-state index contributed by atoms with van der Waals surface area (Å²) in [5.74, 6) is -1.16. The summed E-state index contributed by atoms with van der Waals surface area (Å²) in [7, 11) is 2.72. The molecule has 242 valence electrons. The lowest BCUT2D eigenvalue weighted by Crippen LogP contribution is -2.22. The SMILES string of the molecule is COC(=O)c1c(C(=O)OC)c(-c2ccccc2)c2c(c1-c1ccccc1)Cc1c(c(-c3ccccc3)c3ccccc3c1-c1ccccc1)C2. The first-order valence-electron chi connectivity index (χ1n) is 16.8. The molecule has 0 heterocycles. The van der Waals surface area contributed by atoms with E-state index in [1.807, 2.05) is 72.8 Å². The quantitative estimate of drug-likeness (QED) is 0.168. The topological polar surface area (TPSA) is 52.6 Å². The Balaban J connectivity index is 1.58. The highest BCUT2D eigenvalue weighted by Gasteiger charge is 2.36. The lowest BCUT2D eigenvalue weighted by atomic mass is 9.70. The summed E-state index contributed by atoms with van der Waals surface area (Å²) in [6.07, 6.45) is 1.07. The van der Waals surface area contributed by atoms with Crippen LogP contribution in [0.5, 0.6) is 0 Å². The van der Waals surface area contributed by atoms with Gasteiger partial charge in [0.25, 0.3) is 0 Å². The van der Waals surface area contributed by atoms with Crippen molar-refractivity contribution < 1.29 is 19.1 Å². The first kappa shape index (κ1) is 31.0. The Bertz CT molecular complexity index is 2230. The van der Waals surface area contributed by atoms with Crippen molar-refractivity contribution in [2.45, 2.75) is 12.8 Å². The molecule has 0 spiro atoms. The van der Waals surface area contributed by atoms with Crippen LogP contribution >= 0.6 is 0 Å². The Morgan fingerprint density at radius 2 is 0.640 bits per heavy atom. The van der Waals surface area contributed by atoms with Gasteiger partial charge in [-0.15, -0.1) is 0 Å². The highest BCUT2D eigenvalue weighted by atomic mass is 16.5. The average Bonchev–Trinajstić information content (AvgIpc) is 3.19. The number of ether oxygens (including phenoxy) is 2. The minimum atomic E-state index is -0.582. The predicted molar refractivity (Wildman–Crippen MR) is 200 cm³/mol. The van der Waals surface area contributed by atoms with Crippen molar-refractivity contribution in [2.75, 3.05) is 14.2 Å². The Labute approximate surface area is 291 Å². The highest BCUT2D eigenvalue weighted by molar-refractivity contribution is 6.14. The molecule has 4 heteroatoms. The summed E-state index contributed by atoms with van der Waals surface area (Å²) < 4.78 is 10.9. The molecule has 1 aliphatic carbocycles. The van der Waals surface area contributed by atoms with E-state index < -0.39 is 11.9 Å². The number of carbonyl (C=O) groups excluding carboxylic acids is 2. The van der Waals surface area contributed by atoms with E-state index in [0.29, 0.717) is 24.0 Å². The fraction of sp³-hybridized carbons (Fsp3) is 0.0870. The van der Waals surface area contributed by atoms with E-state index in [2.05, 4.69) is 72.8 Å². The lowest BCUT2D eigenvalue weighted by molar-refractivity contribution is 0.0556. The zero-order valence-corrected chi connectivity index (χ0v) is 27.9. The van der Waals surface area contributed by atoms with Crippen molar-refractivity contribution in [1.29, 1.82) is 0 Å². The van der Waals surface area contributed by atoms with E-state index >= 15 is 0 Å². The zero-order valence-electron chi connectivity index (χ0n) is 27.9. The minimum Gasteiger partial charge on any atom is -0.465 e. The third kappa shape index (κ3) is 5.08. The molecule has 50 heavy (non-hydrogen) atoms. The molecule has 0 aromatic heterocycles. The van der Waals surface area contributed by atoms with Crippen LogP contribution in [0, 0.1) is 0 Å². The number of benzene rings is 7. The number of carbonyl (C=O) groups is 2. The van der Waals surface area contributed by atoms with Crippen molar-refractivity contribution in [2.24, 2.45) is 0 Å². The summed E-state index contributed by atoms with van der Waals surface area (Å²) in [6.45, 7) is 0. The van der Waals surface area contributed by atoms with Crippen molar-refractivity contribution in [3.63, 3.8) is 0 Å². The Hall–Kier alpha value is -6.26. The molecule has 1 aliphatic rings. The van der Waals surface area contributed by atoms with Crippen molar-refractivity contribution in [1.82, 2.24) is 0 Å². The molecule has 0 atom stereocenters. The van der Waals surface area contributed by atoms with E-state index in [1.54, 1.807) is 0 Å². The first-order valence-corrected chi connectivity index (χ1v) is 16.8. The predicted octanol–water partition coefficient (Wildman–Crippen LogP) is 10.6. The Morgan fingerprint density at radius 1 is 0.380 bits per heavy atom. The van der Waals surface area contributed by atoms with Crippen LogP contribution in [0.25, 0.3) is 55.3 Å². The molecular weight excluding hydrogens is 617 g/mol. The van der Waals surface area contributed by atoms with Gasteiger partial charge >= 0.3 is 11.9 Å². The standard InChI is InChI=1S/C46H34O4/c1-49-45(47)43-41(31-21-11-5-12-22-31)37-27-35-36(28-38(37)42(44(43)46(48)50-2)32-23-13-6-14-24-32)40(30-19-9-4-10-20-30)34-26-16-15-25-33(34)39(35)29-17-7-3-8-18-29/h3-26H,27-28H2,1-2H3. The monoisotopic (exact) mass is 650 g/mol. The molecule has 7 aromatic rings. The number of methoxy groups -OCH3 is 2. The summed E-state index contributed by atoms with van der Waals surface area (Å²) in [5, 5.41) is 2.34. The summed E-state index contributed by atoms with van der Waals surface area (Å²) >= 11 is 0. The van der Waals surface area contributed by atoms with Crippen LogP contribution in [0.4, 0.5) is 0 Å². The van der Waals surface area contributed by atoms with Gasteiger partial charge in [-0.3, -0.25) is 0 Å². The molecule has 8 rings (SSSR count). The lowest BCUT2D eigenvalue weighted by Gasteiger charge is -2.33. The van der Waals surface area contributed by atoms with Crippen LogP contribution in [-0.4, -0.2) is 26.2 Å². The van der Waals surface area contributed by atoms with Gasteiger partial charge in [0.15, 0.2) is 0 Å². The second-order valence-electron chi connectivity index (χ2n) is 12.5. The van der Waals surface area contributed by atoms with Crippen LogP contribution in [-0.2, 0) is 22.3 Å². The minimum absolute atomic E-state index is 0.219. The fourth-order valence-corrected chi connectivity index (χ4v) is 7.86. The first-order chi connectivity index (χ1) is 24.6. The molecule has 0 radical (unpaired) electrons. The van der Waals surface area contributed by atoms with Gasteiger partial charge in [0, 0.05) is 11.1 Å². The van der Waals surface area contributed by atoms with E-state index in [1.165, 1.54) is 47.2 Å². The number of hydrogen-bond donors (Lipinski definition) is 0. The number of fused-ring (bicyclic) bond motifs is 3. The molecule has 0 amide bonds. The molecule has 0 saturated carbocycles. The van der Waals surface area contributed by atoms with Crippen LogP contribution in [0.2, 0.25) is 0 Å². The van der Waals surface area contributed by atoms with E-state index in [4.69, 9.17) is 9.47 Å². The van der Waals surface area contributed by atoms with Gasteiger partial charge in [-0.2, -0.15) is 0 Å². The van der Waals surface area contributed by atoms with Gasteiger partial charge in [-0.1, -0.05) is 146 Å². The number of hydrogen-bond acceptors (Lipinski definition) is 4. The van der Waals surface area contributed by atoms with Gasteiger partial charge in [0.1, 0.15) is 0 Å². The Morgan fingerprint density at radius 3 is 0.940 bits per heavy atom. The summed E-state index contributed by atoms with van der Waals surface area (Å²) in [4.78, 5) is 28.1. The normalized spacial score (nSPS) is 11.8. The van der Waals surface area contributed by atoms with E-state index in [0.717, 1.165) is 33.4 Å². The maximum Gasteiger partial charge on any atom is 0.339 e. The van der Waals surface area contributed by atoms with Gasteiger partial charge in [0.2, 0.25) is 0 Å². The third-order valence-corrected chi connectivity index (χ3v) is 9.89. The van der Waals surface area contributed by atoms with Crippen LogP contribution in [0.1, 0.15) is 43.0 Å². The second-order valence-corrected chi connectivity index (χ2v) is 12.5. The molecule has 0 fully saturated rings. The summed E-state index contributed by atoms with van der Waals surface area (Å²) in [5.41, 5.74) is 12.6. The second kappa shape index (κ2) is 13.0. The van der Waals surface area contributed by atoms with E-state index in [9.17, 15) is 9.59 Å². The van der Waals surface area contributed by atoms with Gasteiger partial charge in [-0.05, 0) is 79.2 Å². The van der Waals surface area contributed by atoms with Gasteiger partial charge in [-0.25, -0.2) is 9.59 Å². The van der Waals surface area contributed by atoms with Gasteiger partial charge < -0.3 is 9.47 Å². The number of rotatable bonds is 6. The maximum absolute atomic E-state index is 14.0. The van der Waals surface area contributed by atoms with Gasteiger partial charge in [0.05, 0.1) is 25.3 Å². The Kier molecular flexibility index (Phi) is 8.06. The molecule has 0 unspecified atom stereocenters. The van der Waals surface area contributed by atoms with Crippen molar-refractivity contribution in [3.8, 4) is 44.5 Å². The van der Waals surface area contributed by atoms with Crippen molar-refractivity contribution >= 4 is 22.7 Å². The third-order valence-electron chi connectivity index (χ3n) is 9.89. The van der Waals surface area contributed by atoms with Crippen LogP contribution < -0.4 is 0 Å². The number of esters is 2. The largest absolute Gasteiger partial charge is 0.465 e. The molecule has 0 N–H and O–H groups in total. The highest BCUT2D eigenvalue weighted by Crippen LogP contribution is 2.51. The van der Waals surface area contributed by atoms with Crippen molar-refractivity contribution in [3.05, 3.63) is 179 Å². The maximum atomic E-state index is 14.0. The molecular formula is C46H34O4.